The normalized spacial score (nSPS) is 9.86. The fourth-order valence-electron chi connectivity index (χ4n) is 1.73. The highest BCUT2D eigenvalue weighted by atomic mass is 16.5. The molecule has 2 amide bonds. The molecule has 0 aliphatic rings. The van der Waals surface area contributed by atoms with Crippen LogP contribution in [-0.2, 0) is 0 Å². The zero-order chi connectivity index (χ0) is 15.8. The van der Waals surface area contributed by atoms with Crippen molar-refractivity contribution in [1.82, 2.24) is 5.32 Å². The molecule has 0 aromatic heterocycles. The lowest BCUT2D eigenvalue weighted by molar-refractivity contribution is 0.234. The standard InChI is InChI=1S/C16H19N3O3/c1-2-21-14-7-9-15(10-8-14)22-11-18-16(20)19-13-5-3-12(17)4-6-13/h3-10H,2,11,17H2,1H3,(H2,18,19,20). The molecule has 116 valence electrons. The summed E-state index contributed by atoms with van der Waals surface area (Å²) in [4.78, 5) is 11.7. The number of benzene rings is 2. The van der Waals surface area contributed by atoms with Gasteiger partial charge < -0.3 is 25.8 Å². The van der Waals surface area contributed by atoms with Gasteiger partial charge in [0.25, 0.3) is 0 Å². The van der Waals surface area contributed by atoms with Crippen molar-refractivity contribution < 1.29 is 14.3 Å². The maximum absolute atomic E-state index is 11.7. The molecular weight excluding hydrogens is 282 g/mol. The van der Waals surface area contributed by atoms with Gasteiger partial charge in [0.2, 0.25) is 0 Å². The van der Waals surface area contributed by atoms with E-state index in [0.717, 1.165) is 5.75 Å². The smallest absolute Gasteiger partial charge is 0.321 e. The zero-order valence-electron chi connectivity index (χ0n) is 12.3. The Kier molecular flexibility index (Phi) is 5.48. The monoisotopic (exact) mass is 301 g/mol. The molecule has 0 radical (unpaired) electrons. The second-order valence-electron chi connectivity index (χ2n) is 4.45. The fourth-order valence-corrected chi connectivity index (χ4v) is 1.73. The van der Waals surface area contributed by atoms with Crippen molar-refractivity contribution in [2.45, 2.75) is 6.92 Å². The Balaban J connectivity index is 1.73. The third-order valence-corrected chi connectivity index (χ3v) is 2.77. The Morgan fingerprint density at radius 3 is 2.18 bits per heavy atom. The Morgan fingerprint density at radius 1 is 1.00 bits per heavy atom. The molecule has 6 nitrogen and oxygen atoms in total. The third kappa shape index (κ3) is 4.90. The van der Waals surface area contributed by atoms with E-state index < -0.39 is 0 Å². The van der Waals surface area contributed by atoms with Gasteiger partial charge in [0, 0.05) is 11.4 Å². The average molecular weight is 301 g/mol. The predicted molar refractivity (Wildman–Crippen MR) is 86.1 cm³/mol. The van der Waals surface area contributed by atoms with E-state index in [1.165, 1.54) is 0 Å². The fraction of sp³-hybridized carbons (Fsp3) is 0.188. The van der Waals surface area contributed by atoms with Gasteiger partial charge >= 0.3 is 6.03 Å². The molecule has 0 fully saturated rings. The van der Waals surface area contributed by atoms with Crippen molar-refractivity contribution >= 4 is 17.4 Å². The van der Waals surface area contributed by atoms with E-state index in [1.54, 1.807) is 36.4 Å². The number of anilines is 2. The van der Waals surface area contributed by atoms with Crippen LogP contribution in [0.15, 0.2) is 48.5 Å². The summed E-state index contributed by atoms with van der Waals surface area (Å²) in [5.74, 6) is 1.43. The highest BCUT2D eigenvalue weighted by molar-refractivity contribution is 5.89. The maximum Gasteiger partial charge on any atom is 0.321 e. The van der Waals surface area contributed by atoms with Gasteiger partial charge in [-0.2, -0.15) is 0 Å². The first-order chi connectivity index (χ1) is 10.7. The van der Waals surface area contributed by atoms with E-state index in [1.807, 2.05) is 19.1 Å². The summed E-state index contributed by atoms with van der Waals surface area (Å²) in [6.07, 6.45) is 0. The number of carbonyl (C=O) groups is 1. The van der Waals surface area contributed by atoms with Crippen molar-refractivity contribution in [3.8, 4) is 11.5 Å². The molecule has 0 aliphatic carbocycles. The average Bonchev–Trinajstić information content (AvgIpc) is 2.52. The van der Waals surface area contributed by atoms with E-state index >= 15 is 0 Å². The number of urea groups is 1. The molecule has 0 bridgehead atoms. The molecule has 2 rings (SSSR count). The van der Waals surface area contributed by atoms with E-state index in [2.05, 4.69) is 10.6 Å². The molecule has 4 N–H and O–H groups in total. The van der Waals surface area contributed by atoms with Gasteiger partial charge in [-0.15, -0.1) is 0 Å². The van der Waals surface area contributed by atoms with Crippen LogP contribution in [0.25, 0.3) is 0 Å². The molecule has 0 unspecified atom stereocenters. The summed E-state index contributed by atoms with van der Waals surface area (Å²) in [5, 5.41) is 5.27. The van der Waals surface area contributed by atoms with Gasteiger partial charge in [0.05, 0.1) is 6.61 Å². The van der Waals surface area contributed by atoms with Crippen LogP contribution >= 0.6 is 0 Å². The van der Waals surface area contributed by atoms with Gasteiger partial charge in [-0.1, -0.05) is 0 Å². The number of ether oxygens (including phenoxy) is 2. The van der Waals surface area contributed by atoms with Crippen LogP contribution in [0.2, 0.25) is 0 Å². The molecule has 2 aromatic rings. The summed E-state index contributed by atoms with van der Waals surface area (Å²) in [7, 11) is 0. The first-order valence-electron chi connectivity index (χ1n) is 6.93. The number of amides is 2. The largest absolute Gasteiger partial charge is 0.494 e. The summed E-state index contributed by atoms with van der Waals surface area (Å²) >= 11 is 0. The minimum Gasteiger partial charge on any atom is -0.494 e. The summed E-state index contributed by atoms with van der Waals surface area (Å²) in [6.45, 7) is 2.61. The van der Waals surface area contributed by atoms with Crippen LogP contribution in [-0.4, -0.2) is 19.4 Å². The molecule has 0 heterocycles. The SMILES string of the molecule is CCOc1ccc(OCNC(=O)Nc2ccc(N)cc2)cc1. The van der Waals surface area contributed by atoms with Gasteiger partial charge in [-0.3, -0.25) is 0 Å². The van der Waals surface area contributed by atoms with E-state index in [-0.39, 0.29) is 12.8 Å². The molecule has 0 spiro atoms. The summed E-state index contributed by atoms with van der Waals surface area (Å²) < 4.78 is 10.8. The van der Waals surface area contributed by atoms with Crippen LogP contribution in [0.3, 0.4) is 0 Å². The van der Waals surface area contributed by atoms with Crippen LogP contribution in [0, 0.1) is 0 Å². The highest BCUT2D eigenvalue weighted by Gasteiger charge is 2.01. The van der Waals surface area contributed by atoms with Crippen molar-refractivity contribution in [3.63, 3.8) is 0 Å². The molecule has 2 aromatic carbocycles. The lowest BCUT2D eigenvalue weighted by atomic mass is 10.3. The zero-order valence-corrected chi connectivity index (χ0v) is 12.3. The van der Waals surface area contributed by atoms with E-state index in [9.17, 15) is 4.79 Å². The number of carbonyl (C=O) groups excluding carboxylic acids is 1. The molecule has 0 aliphatic heterocycles. The molecular formula is C16H19N3O3. The summed E-state index contributed by atoms with van der Waals surface area (Å²) in [6, 6.07) is 13.7. The first-order valence-corrected chi connectivity index (χ1v) is 6.93. The Morgan fingerprint density at radius 2 is 1.59 bits per heavy atom. The second-order valence-corrected chi connectivity index (χ2v) is 4.45. The van der Waals surface area contributed by atoms with Crippen LogP contribution in [0.4, 0.5) is 16.2 Å². The molecule has 0 saturated carbocycles. The number of nitrogens with one attached hydrogen (secondary N) is 2. The van der Waals surface area contributed by atoms with Gasteiger partial charge in [0.1, 0.15) is 11.5 Å². The van der Waals surface area contributed by atoms with Crippen LogP contribution < -0.4 is 25.8 Å². The Bertz CT molecular complexity index is 597. The number of hydrogen-bond donors (Lipinski definition) is 3. The van der Waals surface area contributed by atoms with Crippen molar-refractivity contribution in [2.75, 3.05) is 24.4 Å². The Hall–Kier alpha value is -2.89. The van der Waals surface area contributed by atoms with Gasteiger partial charge in [-0.05, 0) is 55.5 Å². The quantitative estimate of drug-likeness (QED) is 0.565. The predicted octanol–water partition coefficient (Wildman–Crippen LogP) is 2.83. The molecule has 0 saturated heterocycles. The van der Waals surface area contributed by atoms with Crippen molar-refractivity contribution in [1.29, 1.82) is 0 Å². The maximum atomic E-state index is 11.7. The van der Waals surface area contributed by atoms with E-state index in [0.29, 0.717) is 23.7 Å². The minimum absolute atomic E-state index is 0.0643. The van der Waals surface area contributed by atoms with Gasteiger partial charge in [-0.25, -0.2) is 4.79 Å². The lowest BCUT2D eigenvalue weighted by Gasteiger charge is -2.10. The second kappa shape index (κ2) is 7.78. The van der Waals surface area contributed by atoms with Crippen molar-refractivity contribution in [2.24, 2.45) is 0 Å². The van der Waals surface area contributed by atoms with Gasteiger partial charge in [0.15, 0.2) is 6.73 Å². The minimum atomic E-state index is -0.351. The van der Waals surface area contributed by atoms with Crippen LogP contribution in [0.5, 0.6) is 11.5 Å². The van der Waals surface area contributed by atoms with E-state index in [4.69, 9.17) is 15.2 Å². The number of rotatable bonds is 6. The summed E-state index contributed by atoms with van der Waals surface area (Å²) in [5.41, 5.74) is 6.88. The number of nitrogen functional groups attached to an aromatic ring is 1. The highest BCUT2D eigenvalue weighted by Crippen LogP contribution is 2.17. The lowest BCUT2D eigenvalue weighted by Crippen LogP contribution is -2.31. The Labute approximate surface area is 129 Å². The number of nitrogens with two attached hydrogens (primary N) is 1. The third-order valence-electron chi connectivity index (χ3n) is 2.77. The molecule has 0 atom stereocenters. The molecule has 6 heteroatoms. The molecule has 22 heavy (non-hydrogen) atoms. The number of hydrogen-bond acceptors (Lipinski definition) is 4. The topological polar surface area (TPSA) is 85.6 Å². The first kappa shape index (κ1) is 15.5. The van der Waals surface area contributed by atoms with Crippen LogP contribution in [0.1, 0.15) is 6.92 Å². The van der Waals surface area contributed by atoms with Crippen molar-refractivity contribution in [3.05, 3.63) is 48.5 Å².